The molecule has 1 aromatic carbocycles. The van der Waals surface area contributed by atoms with Crippen LogP contribution in [0, 0.1) is 0 Å². The van der Waals surface area contributed by atoms with Crippen LogP contribution in [-0.4, -0.2) is 71.6 Å². The van der Waals surface area contributed by atoms with E-state index in [1.54, 1.807) is 36.2 Å². The minimum atomic E-state index is -0.368. The quantitative estimate of drug-likeness (QED) is 0.734. The van der Waals surface area contributed by atoms with E-state index in [2.05, 4.69) is 0 Å². The van der Waals surface area contributed by atoms with Gasteiger partial charge in [0, 0.05) is 33.1 Å². The van der Waals surface area contributed by atoms with Crippen LogP contribution in [0.3, 0.4) is 0 Å². The number of rotatable bonds is 3. The molecule has 1 fully saturated rings. The fraction of sp³-hybridized carbons (Fsp3) is 0.375. The van der Waals surface area contributed by atoms with Crippen molar-refractivity contribution in [2.45, 2.75) is 6.42 Å². The van der Waals surface area contributed by atoms with Crippen molar-refractivity contribution in [2.24, 2.45) is 0 Å². The summed E-state index contributed by atoms with van der Waals surface area (Å²) < 4.78 is 0. The van der Waals surface area contributed by atoms with Crippen molar-refractivity contribution in [3.63, 3.8) is 0 Å². The first-order chi connectivity index (χ1) is 11.0. The van der Waals surface area contributed by atoms with Gasteiger partial charge in [0.15, 0.2) is 0 Å². The summed E-state index contributed by atoms with van der Waals surface area (Å²) >= 11 is 0. The van der Waals surface area contributed by atoms with Gasteiger partial charge in [-0.2, -0.15) is 0 Å². The summed E-state index contributed by atoms with van der Waals surface area (Å²) in [6, 6.07) is 6.62. The zero-order valence-electron chi connectivity index (χ0n) is 12.8. The number of carbonyl (C=O) groups is 4. The molecule has 0 radical (unpaired) electrons. The Kier molecular flexibility index (Phi) is 3.85. The monoisotopic (exact) mass is 315 g/mol. The molecule has 0 aliphatic carbocycles. The second kappa shape index (κ2) is 5.83. The molecule has 3 rings (SSSR count). The average molecular weight is 315 g/mol. The zero-order valence-corrected chi connectivity index (χ0v) is 12.8. The standard InChI is InChI=1S/C16H17N3O4/c1-17-8-9-18(10-14(17)21)13(20)6-7-19-15(22)11-4-2-3-5-12(11)16(19)23/h2-5H,6-10H2,1H3. The molecule has 0 N–H and O–H groups in total. The lowest BCUT2D eigenvalue weighted by Crippen LogP contribution is -2.51. The van der Waals surface area contributed by atoms with Gasteiger partial charge >= 0.3 is 0 Å². The van der Waals surface area contributed by atoms with Gasteiger partial charge in [-0.3, -0.25) is 24.1 Å². The maximum atomic E-state index is 12.2. The maximum absolute atomic E-state index is 12.2. The third-order valence-electron chi connectivity index (χ3n) is 4.24. The maximum Gasteiger partial charge on any atom is 0.261 e. The second-order valence-corrected chi connectivity index (χ2v) is 5.69. The van der Waals surface area contributed by atoms with Gasteiger partial charge in [-0.15, -0.1) is 0 Å². The topological polar surface area (TPSA) is 78.0 Å². The summed E-state index contributed by atoms with van der Waals surface area (Å²) in [6.07, 6.45) is 0.0302. The summed E-state index contributed by atoms with van der Waals surface area (Å²) in [5.41, 5.74) is 0.749. The average Bonchev–Trinajstić information content (AvgIpc) is 2.80. The van der Waals surface area contributed by atoms with Crippen molar-refractivity contribution in [3.8, 4) is 0 Å². The Balaban J connectivity index is 1.61. The number of carbonyl (C=O) groups excluding carboxylic acids is 4. The van der Waals surface area contributed by atoms with Gasteiger partial charge < -0.3 is 9.80 Å². The molecule has 2 aliphatic rings. The molecule has 1 aromatic rings. The molecular formula is C16H17N3O4. The highest BCUT2D eigenvalue weighted by molar-refractivity contribution is 6.21. The highest BCUT2D eigenvalue weighted by Crippen LogP contribution is 2.22. The number of nitrogens with zero attached hydrogens (tertiary/aromatic N) is 3. The molecule has 0 aromatic heterocycles. The number of benzene rings is 1. The molecule has 2 aliphatic heterocycles. The number of piperazine rings is 1. The first-order valence-electron chi connectivity index (χ1n) is 7.46. The van der Waals surface area contributed by atoms with Gasteiger partial charge in [0.2, 0.25) is 11.8 Å². The number of likely N-dealkylation sites (N-methyl/N-ethyl adjacent to an activating group) is 1. The second-order valence-electron chi connectivity index (χ2n) is 5.69. The summed E-state index contributed by atoms with van der Waals surface area (Å²) in [4.78, 5) is 52.4. The molecule has 0 spiro atoms. The van der Waals surface area contributed by atoms with E-state index >= 15 is 0 Å². The lowest BCUT2D eigenvalue weighted by atomic mass is 10.1. The molecule has 0 atom stereocenters. The number of amides is 4. The van der Waals surface area contributed by atoms with Crippen LogP contribution in [0.4, 0.5) is 0 Å². The highest BCUT2D eigenvalue weighted by Gasteiger charge is 2.35. The van der Waals surface area contributed by atoms with E-state index in [4.69, 9.17) is 0 Å². The summed E-state index contributed by atoms with van der Waals surface area (Å²) in [5.74, 6) is -1.06. The molecule has 2 heterocycles. The normalized spacial score (nSPS) is 17.8. The number of fused-ring (bicyclic) bond motifs is 1. The predicted octanol–water partition coefficient (Wildman–Crippen LogP) is -0.0267. The van der Waals surface area contributed by atoms with Crippen molar-refractivity contribution < 1.29 is 19.2 Å². The molecular weight excluding hydrogens is 298 g/mol. The molecule has 7 heteroatoms. The molecule has 23 heavy (non-hydrogen) atoms. The van der Waals surface area contributed by atoms with Gasteiger partial charge in [-0.25, -0.2) is 0 Å². The molecule has 120 valence electrons. The van der Waals surface area contributed by atoms with Crippen LogP contribution in [0.2, 0.25) is 0 Å². The molecule has 7 nitrogen and oxygen atoms in total. The number of hydrogen-bond donors (Lipinski definition) is 0. The third kappa shape index (κ3) is 2.69. The fourth-order valence-electron chi connectivity index (χ4n) is 2.78. The fourth-order valence-corrected chi connectivity index (χ4v) is 2.78. The Hall–Kier alpha value is -2.70. The van der Waals surface area contributed by atoms with Crippen LogP contribution in [0.1, 0.15) is 27.1 Å². The smallest absolute Gasteiger partial charge is 0.261 e. The van der Waals surface area contributed by atoms with E-state index in [0.717, 1.165) is 4.90 Å². The van der Waals surface area contributed by atoms with Gasteiger partial charge in [0.05, 0.1) is 17.7 Å². The van der Waals surface area contributed by atoms with Crippen LogP contribution in [0.25, 0.3) is 0 Å². The summed E-state index contributed by atoms with van der Waals surface area (Å²) in [6.45, 7) is 1.06. The SMILES string of the molecule is CN1CCN(C(=O)CCN2C(=O)c3ccccc3C2=O)CC1=O. The van der Waals surface area contributed by atoms with Crippen LogP contribution in [0.5, 0.6) is 0 Å². The van der Waals surface area contributed by atoms with E-state index in [1.165, 1.54) is 4.90 Å². The van der Waals surface area contributed by atoms with Crippen molar-refractivity contribution in [1.29, 1.82) is 0 Å². The minimum absolute atomic E-state index is 0.0302. The van der Waals surface area contributed by atoms with Crippen LogP contribution < -0.4 is 0 Å². The number of hydrogen-bond acceptors (Lipinski definition) is 4. The Morgan fingerprint density at radius 1 is 1.04 bits per heavy atom. The molecule has 0 bridgehead atoms. The first-order valence-corrected chi connectivity index (χ1v) is 7.46. The van der Waals surface area contributed by atoms with E-state index < -0.39 is 0 Å². The number of imide groups is 1. The summed E-state index contributed by atoms with van der Waals surface area (Å²) in [5, 5.41) is 0. The molecule has 0 unspecified atom stereocenters. The zero-order chi connectivity index (χ0) is 16.6. The van der Waals surface area contributed by atoms with Crippen molar-refractivity contribution >= 4 is 23.6 Å². The van der Waals surface area contributed by atoms with Crippen molar-refractivity contribution in [2.75, 3.05) is 33.2 Å². The largest absolute Gasteiger partial charge is 0.342 e. The Bertz CT molecular complexity index is 665. The first kappa shape index (κ1) is 15.2. The van der Waals surface area contributed by atoms with E-state index in [-0.39, 0.29) is 43.1 Å². The predicted molar refractivity (Wildman–Crippen MR) is 80.6 cm³/mol. The van der Waals surface area contributed by atoms with Crippen molar-refractivity contribution in [1.82, 2.24) is 14.7 Å². The molecule has 1 saturated heterocycles. The van der Waals surface area contributed by atoms with Crippen LogP contribution in [-0.2, 0) is 9.59 Å². The summed E-state index contributed by atoms with van der Waals surface area (Å²) in [7, 11) is 1.70. The molecule has 4 amide bonds. The van der Waals surface area contributed by atoms with E-state index in [1.807, 2.05) is 0 Å². The Morgan fingerprint density at radius 3 is 2.22 bits per heavy atom. The van der Waals surface area contributed by atoms with Gasteiger partial charge in [0.25, 0.3) is 11.8 Å². The van der Waals surface area contributed by atoms with Crippen LogP contribution in [0.15, 0.2) is 24.3 Å². The third-order valence-corrected chi connectivity index (χ3v) is 4.24. The lowest BCUT2D eigenvalue weighted by Gasteiger charge is -2.32. The minimum Gasteiger partial charge on any atom is -0.342 e. The Labute approximate surface area is 133 Å². The van der Waals surface area contributed by atoms with Gasteiger partial charge in [-0.1, -0.05) is 12.1 Å². The lowest BCUT2D eigenvalue weighted by molar-refractivity contribution is -0.144. The van der Waals surface area contributed by atoms with Gasteiger partial charge in [-0.05, 0) is 12.1 Å². The van der Waals surface area contributed by atoms with E-state index in [0.29, 0.717) is 24.2 Å². The van der Waals surface area contributed by atoms with Crippen LogP contribution >= 0.6 is 0 Å². The van der Waals surface area contributed by atoms with E-state index in [9.17, 15) is 19.2 Å². The Morgan fingerprint density at radius 2 is 1.65 bits per heavy atom. The molecule has 0 saturated carbocycles. The van der Waals surface area contributed by atoms with Gasteiger partial charge in [0.1, 0.15) is 0 Å². The highest BCUT2D eigenvalue weighted by atomic mass is 16.2. The van der Waals surface area contributed by atoms with Crippen molar-refractivity contribution in [3.05, 3.63) is 35.4 Å².